The molecule has 0 spiro atoms. The molecule has 158 valence electrons. The highest BCUT2D eigenvalue weighted by molar-refractivity contribution is 7.97. The van der Waals surface area contributed by atoms with E-state index >= 15 is 0 Å². The van der Waals surface area contributed by atoms with Crippen LogP contribution in [0.2, 0.25) is 0 Å². The maximum Gasteiger partial charge on any atom is 0.279 e. The number of nitrogens with two attached hydrogens (primary N) is 1. The van der Waals surface area contributed by atoms with Crippen molar-refractivity contribution in [1.82, 2.24) is 19.9 Å². The van der Waals surface area contributed by atoms with Crippen molar-refractivity contribution in [2.45, 2.75) is 19.3 Å². The summed E-state index contributed by atoms with van der Waals surface area (Å²) >= 11 is 1.75. The van der Waals surface area contributed by atoms with Crippen LogP contribution in [0.15, 0.2) is 24.7 Å². The van der Waals surface area contributed by atoms with E-state index < -0.39 is 12.1 Å². The topological polar surface area (TPSA) is 108 Å². The number of alkyl halides is 2. The Balaban J connectivity index is 0.000000941. The smallest absolute Gasteiger partial charge is 0.279 e. The van der Waals surface area contributed by atoms with Gasteiger partial charge < -0.3 is 15.6 Å². The van der Waals surface area contributed by atoms with Crippen molar-refractivity contribution in [2.75, 3.05) is 37.0 Å². The normalized spacial score (nSPS) is 16.8. The fourth-order valence-electron chi connectivity index (χ4n) is 2.93. The van der Waals surface area contributed by atoms with E-state index in [2.05, 4.69) is 24.8 Å². The van der Waals surface area contributed by atoms with Gasteiger partial charge in [-0.05, 0) is 50.0 Å². The van der Waals surface area contributed by atoms with Gasteiger partial charge >= 0.3 is 0 Å². The van der Waals surface area contributed by atoms with Crippen LogP contribution in [0, 0.1) is 11.3 Å². The van der Waals surface area contributed by atoms with Crippen LogP contribution in [-0.2, 0) is 0 Å². The second-order valence-corrected chi connectivity index (χ2v) is 7.45. The Bertz CT molecular complexity index is 809. The summed E-state index contributed by atoms with van der Waals surface area (Å²) in [4.78, 5) is 17.9. The van der Waals surface area contributed by atoms with Crippen LogP contribution < -0.4 is 10.6 Å². The van der Waals surface area contributed by atoms with Gasteiger partial charge in [0.05, 0.1) is 23.3 Å². The third-order valence-electron chi connectivity index (χ3n) is 4.36. The Morgan fingerprint density at radius 1 is 1.41 bits per heavy atom. The minimum Gasteiger partial charge on any atom is -0.356 e. The van der Waals surface area contributed by atoms with E-state index in [1.165, 1.54) is 12.4 Å². The third kappa shape index (κ3) is 6.90. The van der Waals surface area contributed by atoms with Gasteiger partial charge in [-0.1, -0.05) is 0 Å². The average Bonchev–Trinajstić information content (AvgIpc) is 3.22. The molecule has 0 aliphatic carbocycles. The van der Waals surface area contributed by atoms with Crippen LogP contribution in [0.5, 0.6) is 0 Å². The number of H-pyrrole nitrogens is 1. The number of aromatic amines is 1. The van der Waals surface area contributed by atoms with Crippen molar-refractivity contribution in [3.05, 3.63) is 30.5 Å². The Morgan fingerprint density at radius 2 is 2.17 bits per heavy atom. The van der Waals surface area contributed by atoms with Gasteiger partial charge in [0.2, 0.25) is 0 Å². The third-order valence-corrected chi connectivity index (χ3v) is 4.36. The maximum absolute atomic E-state index is 12.3. The number of piperidine rings is 1. The molecule has 1 unspecified atom stereocenters. The molecule has 2 aromatic heterocycles. The van der Waals surface area contributed by atoms with Crippen molar-refractivity contribution in [3.8, 4) is 11.4 Å². The highest BCUT2D eigenvalue weighted by Gasteiger charge is 2.20. The number of rotatable bonds is 6. The van der Waals surface area contributed by atoms with Crippen LogP contribution in [0.1, 0.15) is 18.7 Å². The van der Waals surface area contributed by atoms with Crippen LogP contribution in [-0.4, -0.2) is 64.2 Å². The van der Waals surface area contributed by atoms with Gasteiger partial charge in [-0.2, -0.15) is 11.8 Å². The molecule has 10 heteroatoms. The number of hydrogen-bond acceptors (Lipinski definition) is 7. The van der Waals surface area contributed by atoms with Gasteiger partial charge in [-0.3, -0.25) is 5.41 Å². The number of nitrogens with zero attached hydrogens (tertiary/aromatic N) is 4. The largest absolute Gasteiger partial charge is 0.356 e. The summed E-state index contributed by atoms with van der Waals surface area (Å²) in [5.41, 5.74) is 6.36. The highest BCUT2D eigenvalue weighted by Crippen LogP contribution is 2.24. The highest BCUT2D eigenvalue weighted by atomic mass is 32.2. The number of imidazole rings is 1. The molecule has 1 atom stereocenters. The maximum atomic E-state index is 12.3. The number of halogens is 2. The first-order chi connectivity index (χ1) is 14.0. The fraction of sp³-hybridized carbons (Fsp3) is 0.474. The van der Waals surface area contributed by atoms with Crippen molar-refractivity contribution in [3.63, 3.8) is 0 Å². The zero-order valence-corrected chi connectivity index (χ0v) is 17.4. The molecule has 4 N–H and O–H groups in total. The lowest BCUT2D eigenvalue weighted by atomic mass is 9.98. The van der Waals surface area contributed by atoms with Gasteiger partial charge in [0.15, 0.2) is 0 Å². The number of nitrogens with one attached hydrogen (secondary N) is 2. The van der Waals surface area contributed by atoms with Crippen molar-refractivity contribution in [2.24, 2.45) is 11.7 Å². The van der Waals surface area contributed by atoms with Crippen molar-refractivity contribution in [1.29, 1.82) is 5.41 Å². The van der Waals surface area contributed by atoms with Gasteiger partial charge in [-0.25, -0.2) is 23.7 Å². The molecule has 2 aromatic rings. The molecule has 1 aliphatic heterocycles. The molecule has 7 nitrogen and oxygen atoms in total. The Hall–Kier alpha value is -2.33. The quantitative estimate of drug-likeness (QED) is 0.615. The van der Waals surface area contributed by atoms with Crippen LogP contribution in [0.25, 0.3) is 17.5 Å². The molecule has 3 heterocycles. The molecule has 1 saturated heterocycles. The fourth-order valence-corrected chi connectivity index (χ4v) is 2.93. The summed E-state index contributed by atoms with van der Waals surface area (Å²) in [7, 11) is 0. The van der Waals surface area contributed by atoms with Crippen LogP contribution in [0.3, 0.4) is 0 Å². The van der Waals surface area contributed by atoms with E-state index in [1.54, 1.807) is 18.0 Å². The van der Waals surface area contributed by atoms with E-state index in [-0.39, 0.29) is 0 Å². The first-order valence-electron chi connectivity index (χ1n) is 9.25. The first-order valence-corrected chi connectivity index (χ1v) is 10.9. The minimum absolute atomic E-state index is 0.381. The zero-order chi connectivity index (χ0) is 21.2. The van der Waals surface area contributed by atoms with E-state index in [0.717, 1.165) is 37.8 Å². The molecular formula is C19H27F2N7S. The summed E-state index contributed by atoms with van der Waals surface area (Å²) in [6.45, 7) is 2.47. The second kappa shape index (κ2) is 11.6. The Kier molecular flexibility index (Phi) is 9.20. The van der Waals surface area contributed by atoms with Gasteiger partial charge in [-0.15, -0.1) is 0 Å². The number of hydrogen-bond donors (Lipinski definition) is 3. The van der Waals surface area contributed by atoms with Gasteiger partial charge in [0.1, 0.15) is 18.0 Å². The molecule has 3 rings (SSSR count). The number of aromatic nitrogens is 4. The van der Waals surface area contributed by atoms with Crippen LogP contribution in [0.4, 0.5) is 14.6 Å². The lowest BCUT2D eigenvalue weighted by Crippen LogP contribution is -2.38. The average molecular weight is 424 g/mol. The Labute approximate surface area is 173 Å². The predicted molar refractivity (Wildman–Crippen MR) is 116 cm³/mol. The van der Waals surface area contributed by atoms with Crippen LogP contribution >= 0.6 is 11.8 Å². The molecule has 29 heavy (non-hydrogen) atoms. The van der Waals surface area contributed by atoms with E-state index in [4.69, 9.17) is 11.1 Å². The van der Waals surface area contributed by atoms with Crippen molar-refractivity contribution >= 4 is 29.4 Å². The SMILES string of the molecule is CSC.N=C(/C=C\c1ncc(-c2cc(N3CCCC(CN)C3)ncn2)[nH]1)C(F)F. The number of allylic oxidation sites excluding steroid dienone is 1. The monoisotopic (exact) mass is 423 g/mol. The Morgan fingerprint density at radius 3 is 2.86 bits per heavy atom. The van der Waals surface area contributed by atoms with E-state index in [1.807, 2.05) is 18.6 Å². The van der Waals surface area contributed by atoms with E-state index in [9.17, 15) is 8.78 Å². The molecule has 0 aromatic carbocycles. The van der Waals surface area contributed by atoms with E-state index in [0.29, 0.717) is 29.7 Å². The zero-order valence-electron chi connectivity index (χ0n) is 16.6. The molecule has 1 fully saturated rings. The molecular weight excluding hydrogens is 396 g/mol. The molecule has 1 aliphatic rings. The predicted octanol–water partition coefficient (Wildman–Crippen LogP) is 3.32. The lowest BCUT2D eigenvalue weighted by molar-refractivity contribution is 0.226. The summed E-state index contributed by atoms with van der Waals surface area (Å²) in [6.07, 6.45) is 8.95. The molecule has 0 saturated carbocycles. The first kappa shape index (κ1) is 23.0. The molecule has 0 bridgehead atoms. The summed E-state index contributed by atoms with van der Waals surface area (Å²) in [5, 5.41) is 7.12. The minimum atomic E-state index is -2.80. The lowest BCUT2D eigenvalue weighted by Gasteiger charge is -2.33. The standard InChI is InChI=1S/C17H21F2N7.C2H6S/c18-17(19)12(21)3-4-15-22-8-14(25-15)13-6-16(24-10-23-13)26-5-1-2-11(7-20)9-26;1-3-2/h3-4,6,8,10-11,17,21H,1-2,5,7,9,20H2,(H,22,25);1-2H3/b4-3-,21-12?;. The number of thioether (sulfide) groups is 1. The van der Waals surface area contributed by atoms with Gasteiger partial charge in [0.25, 0.3) is 6.43 Å². The van der Waals surface area contributed by atoms with Crippen molar-refractivity contribution < 1.29 is 8.78 Å². The molecule has 0 amide bonds. The summed E-state index contributed by atoms with van der Waals surface area (Å²) < 4.78 is 24.7. The summed E-state index contributed by atoms with van der Waals surface area (Å²) in [6, 6.07) is 1.88. The summed E-state index contributed by atoms with van der Waals surface area (Å²) in [5.74, 6) is 1.68. The van der Waals surface area contributed by atoms with Gasteiger partial charge in [0, 0.05) is 19.2 Å². The number of anilines is 1. The molecule has 0 radical (unpaired) electrons. The second-order valence-electron chi connectivity index (χ2n) is 6.63.